The number of aromatic nitrogens is 3. The summed E-state index contributed by atoms with van der Waals surface area (Å²) in [5.41, 5.74) is 0. The van der Waals surface area contributed by atoms with Crippen LogP contribution in [0.1, 0.15) is 6.92 Å². The Hall–Kier alpha value is -1.32. The molecule has 120 valence electrons. The molecule has 0 amide bonds. The molecule has 1 N–H and O–H groups in total. The number of ether oxygens (including phenoxy) is 2. The third-order valence-corrected chi connectivity index (χ3v) is 3.70. The molecule has 21 heavy (non-hydrogen) atoms. The molecule has 0 radical (unpaired) electrons. The fraction of sp³-hybridized carbons (Fsp3) is 0.750. The van der Waals surface area contributed by atoms with E-state index in [1.807, 2.05) is 16.4 Å². The standard InChI is InChI=1S/C12H22N4O4S/c1-4-16-11(13-14-12(16)21-9-10(17)18)15(5-7-19-2)6-8-20-3/h4-9H2,1-3H3,(H,17,18). The Balaban J connectivity index is 2.87. The summed E-state index contributed by atoms with van der Waals surface area (Å²) in [7, 11) is 3.29. The molecule has 8 nitrogen and oxygen atoms in total. The summed E-state index contributed by atoms with van der Waals surface area (Å²) in [5, 5.41) is 17.6. The van der Waals surface area contributed by atoms with Gasteiger partial charge in [0.2, 0.25) is 5.95 Å². The zero-order valence-corrected chi connectivity index (χ0v) is 13.4. The maximum absolute atomic E-state index is 10.7. The highest BCUT2D eigenvalue weighted by atomic mass is 32.2. The van der Waals surface area contributed by atoms with Gasteiger partial charge in [-0.2, -0.15) is 0 Å². The molecule has 0 unspecified atom stereocenters. The first-order valence-corrected chi connectivity index (χ1v) is 7.63. The van der Waals surface area contributed by atoms with E-state index < -0.39 is 5.97 Å². The minimum atomic E-state index is -0.872. The quantitative estimate of drug-likeness (QED) is 0.592. The van der Waals surface area contributed by atoms with Crippen LogP contribution in [0.3, 0.4) is 0 Å². The van der Waals surface area contributed by atoms with Gasteiger partial charge in [-0.25, -0.2) is 0 Å². The maximum Gasteiger partial charge on any atom is 0.313 e. The van der Waals surface area contributed by atoms with Crippen molar-refractivity contribution < 1.29 is 19.4 Å². The van der Waals surface area contributed by atoms with E-state index >= 15 is 0 Å². The van der Waals surface area contributed by atoms with Crippen LogP contribution in [-0.4, -0.2) is 72.1 Å². The van der Waals surface area contributed by atoms with Gasteiger partial charge in [0.1, 0.15) is 0 Å². The first-order valence-electron chi connectivity index (χ1n) is 6.64. The van der Waals surface area contributed by atoms with Gasteiger partial charge in [0.25, 0.3) is 0 Å². The molecule has 0 saturated carbocycles. The number of carboxylic acid groups (broad SMARTS) is 1. The lowest BCUT2D eigenvalue weighted by molar-refractivity contribution is -0.133. The highest BCUT2D eigenvalue weighted by Crippen LogP contribution is 2.21. The van der Waals surface area contributed by atoms with Crippen LogP contribution in [0.25, 0.3) is 0 Å². The van der Waals surface area contributed by atoms with Crippen LogP contribution in [0.15, 0.2) is 5.16 Å². The molecule has 1 heterocycles. The van der Waals surface area contributed by atoms with E-state index in [9.17, 15) is 4.79 Å². The summed E-state index contributed by atoms with van der Waals surface area (Å²) in [6, 6.07) is 0. The number of rotatable bonds is 11. The van der Waals surface area contributed by atoms with Crippen molar-refractivity contribution in [2.45, 2.75) is 18.6 Å². The van der Waals surface area contributed by atoms with E-state index in [4.69, 9.17) is 14.6 Å². The van der Waals surface area contributed by atoms with Gasteiger partial charge in [-0.05, 0) is 6.92 Å². The van der Waals surface area contributed by atoms with Crippen LogP contribution in [0, 0.1) is 0 Å². The van der Waals surface area contributed by atoms with Crippen LogP contribution in [0.2, 0.25) is 0 Å². The number of hydrogen-bond acceptors (Lipinski definition) is 7. The van der Waals surface area contributed by atoms with Crippen LogP contribution < -0.4 is 4.90 Å². The van der Waals surface area contributed by atoms with Crippen molar-refractivity contribution in [2.24, 2.45) is 0 Å². The van der Waals surface area contributed by atoms with Gasteiger partial charge in [0, 0.05) is 33.9 Å². The maximum atomic E-state index is 10.7. The molecular weight excluding hydrogens is 296 g/mol. The van der Waals surface area contributed by atoms with Gasteiger partial charge in [0.15, 0.2) is 5.16 Å². The Kier molecular flexibility index (Phi) is 8.09. The average Bonchev–Trinajstić information content (AvgIpc) is 2.88. The molecule has 0 aliphatic rings. The van der Waals surface area contributed by atoms with E-state index in [1.54, 1.807) is 14.2 Å². The highest BCUT2D eigenvalue weighted by molar-refractivity contribution is 7.99. The second kappa shape index (κ2) is 9.59. The predicted octanol–water partition coefficient (Wildman–Crippen LogP) is 0.574. The number of aliphatic carboxylic acids is 1. The van der Waals surface area contributed by atoms with E-state index in [2.05, 4.69) is 10.2 Å². The third-order valence-electron chi connectivity index (χ3n) is 2.75. The lowest BCUT2D eigenvalue weighted by atomic mass is 10.5. The Bertz CT molecular complexity index is 433. The SMILES string of the molecule is CCn1c(SCC(=O)O)nnc1N(CCOC)CCOC. The number of carboxylic acids is 1. The second-order valence-electron chi connectivity index (χ2n) is 4.18. The first-order chi connectivity index (χ1) is 10.1. The number of methoxy groups -OCH3 is 2. The van der Waals surface area contributed by atoms with E-state index in [0.29, 0.717) is 44.0 Å². The summed E-state index contributed by atoms with van der Waals surface area (Å²) in [6.07, 6.45) is 0. The molecular formula is C12H22N4O4S. The summed E-state index contributed by atoms with van der Waals surface area (Å²) in [5.74, 6) is -0.198. The van der Waals surface area contributed by atoms with Gasteiger partial charge in [0.05, 0.1) is 19.0 Å². The molecule has 9 heteroatoms. The minimum Gasteiger partial charge on any atom is -0.481 e. The molecule has 0 spiro atoms. The van der Waals surface area contributed by atoms with Crippen LogP contribution >= 0.6 is 11.8 Å². The van der Waals surface area contributed by atoms with Gasteiger partial charge in [-0.15, -0.1) is 10.2 Å². The number of thioether (sulfide) groups is 1. The topological polar surface area (TPSA) is 89.7 Å². The summed E-state index contributed by atoms with van der Waals surface area (Å²) in [6.45, 7) is 5.11. The van der Waals surface area contributed by atoms with Crippen molar-refractivity contribution in [3.63, 3.8) is 0 Å². The lowest BCUT2D eigenvalue weighted by Gasteiger charge is -2.23. The second-order valence-corrected chi connectivity index (χ2v) is 5.12. The van der Waals surface area contributed by atoms with Crippen LogP contribution in [-0.2, 0) is 20.8 Å². The van der Waals surface area contributed by atoms with Crippen LogP contribution in [0.5, 0.6) is 0 Å². The van der Waals surface area contributed by atoms with E-state index in [0.717, 1.165) is 0 Å². The predicted molar refractivity (Wildman–Crippen MR) is 80.0 cm³/mol. The molecule has 0 atom stereocenters. The smallest absolute Gasteiger partial charge is 0.313 e. The summed E-state index contributed by atoms with van der Waals surface area (Å²) >= 11 is 1.17. The molecule has 0 fully saturated rings. The summed E-state index contributed by atoms with van der Waals surface area (Å²) in [4.78, 5) is 12.7. The molecule has 0 saturated heterocycles. The van der Waals surface area contributed by atoms with Crippen molar-refractivity contribution >= 4 is 23.7 Å². The zero-order chi connectivity index (χ0) is 15.7. The monoisotopic (exact) mass is 318 g/mol. The van der Waals surface area contributed by atoms with E-state index in [-0.39, 0.29) is 5.75 Å². The van der Waals surface area contributed by atoms with Gasteiger partial charge in [-0.3, -0.25) is 9.36 Å². The van der Waals surface area contributed by atoms with Crippen molar-refractivity contribution in [1.29, 1.82) is 0 Å². The molecule has 1 aromatic heterocycles. The van der Waals surface area contributed by atoms with Crippen molar-refractivity contribution in [3.05, 3.63) is 0 Å². The number of nitrogens with zero attached hydrogens (tertiary/aromatic N) is 4. The van der Waals surface area contributed by atoms with Gasteiger partial charge >= 0.3 is 5.97 Å². The third kappa shape index (κ3) is 5.52. The number of anilines is 1. The Morgan fingerprint density at radius 2 is 1.90 bits per heavy atom. The first kappa shape index (κ1) is 17.7. The fourth-order valence-electron chi connectivity index (χ4n) is 1.74. The van der Waals surface area contributed by atoms with Crippen molar-refractivity contribution in [2.75, 3.05) is 51.2 Å². The van der Waals surface area contributed by atoms with Gasteiger partial charge < -0.3 is 19.5 Å². The largest absolute Gasteiger partial charge is 0.481 e. The van der Waals surface area contributed by atoms with Gasteiger partial charge in [-0.1, -0.05) is 11.8 Å². The highest BCUT2D eigenvalue weighted by Gasteiger charge is 2.18. The normalized spacial score (nSPS) is 10.8. The van der Waals surface area contributed by atoms with Crippen molar-refractivity contribution in [3.8, 4) is 0 Å². The number of hydrogen-bond donors (Lipinski definition) is 1. The fourth-order valence-corrected chi connectivity index (χ4v) is 2.46. The lowest BCUT2D eigenvalue weighted by Crippen LogP contribution is -2.33. The molecule has 0 aliphatic heterocycles. The summed E-state index contributed by atoms with van der Waals surface area (Å²) < 4.78 is 12.1. The number of carbonyl (C=O) groups is 1. The van der Waals surface area contributed by atoms with Crippen LogP contribution in [0.4, 0.5) is 5.95 Å². The molecule has 0 aromatic carbocycles. The molecule has 1 rings (SSSR count). The molecule has 1 aromatic rings. The van der Waals surface area contributed by atoms with Crippen molar-refractivity contribution in [1.82, 2.24) is 14.8 Å². The Labute approximate surface area is 128 Å². The van der Waals surface area contributed by atoms with E-state index in [1.165, 1.54) is 11.8 Å². The Morgan fingerprint density at radius 3 is 2.38 bits per heavy atom. The molecule has 0 bridgehead atoms. The zero-order valence-electron chi connectivity index (χ0n) is 12.6. The Morgan fingerprint density at radius 1 is 1.29 bits per heavy atom. The minimum absolute atomic E-state index is 0.0335. The average molecular weight is 318 g/mol. The molecule has 0 aliphatic carbocycles.